The minimum absolute atomic E-state index is 0.0534. The Morgan fingerprint density at radius 1 is 1.14 bits per heavy atom. The maximum atomic E-state index is 4.68. The molecule has 5 rings (SSSR count). The van der Waals surface area contributed by atoms with Crippen LogP contribution < -0.4 is 0 Å². The number of aromatic nitrogens is 5. The van der Waals surface area contributed by atoms with Crippen LogP contribution in [0.1, 0.15) is 5.56 Å². The molecule has 0 bridgehead atoms. The summed E-state index contributed by atoms with van der Waals surface area (Å²) in [6.07, 6.45) is 5.84. The number of nitrogens with one attached hydrogen (secondary N) is 2. The third-order valence-electron chi connectivity index (χ3n) is 4.63. The molecule has 3 aromatic heterocycles. The summed E-state index contributed by atoms with van der Waals surface area (Å²) in [6, 6.07) is 8.38. The number of nitrogens with zero attached hydrogens (tertiary/aromatic N) is 4. The molecule has 1 aromatic carbocycles. The second-order valence-corrected chi connectivity index (χ2v) is 9.03. The second kappa shape index (κ2) is 7.06. The zero-order valence-electron chi connectivity index (χ0n) is 15.6. The van der Waals surface area contributed by atoms with Crippen LogP contribution in [0.3, 0.4) is 0 Å². The summed E-state index contributed by atoms with van der Waals surface area (Å²) in [5.74, 6) is 0.758. The maximum Gasteiger partial charge on any atom is 0.159 e. The van der Waals surface area contributed by atoms with Gasteiger partial charge in [0, 0.05) is 18.1 Å². The maximum absolute atomic E-state index is 4.68. The molecular formula is C21H19IN6. The van der Waals surface area contributed by atoms with E-state index in [9.17, 15) is 0 Å². The van der Waals surface area contributed by atoms with Crippen LogP contribution in [0.25, 0.3) is 39.0 Å². The highest BCUT2D eigenvalue weighted by Gasteiger charge is 2.14. The number of benzene rings is 1. The van der Waals surface area contributed by atoms with Crippen LogP contribution in [0.15, 0.2) is 52.4 Å². The van der Waals surface area contributed by atoms with Crippen LogP contribution in [0.5, 0.6) is 0 Å². The van der Waals surface area contributed by atoms with E-state index in [1.807, 2.05) is 6.07 Å². The summed E-state index contributed by atoms with van der Waals surface area (Å²) in [7, 11) is 4.22. The van der Waals surface area contributed by atoms with Gasteiger partial charge in [-0.1, -0.05) is 26.8 Å². The van der Waals surface area contributed by atoms with E-state index in [1.165, 1.54) is 16.7 Å². The highest BCUT2D eigenvalue weighted by Crippen LogP contribution is 2.31. The largest absolute Gasteiger partial charge is 0.335 e. The lowest BCUT2D eigenvalue weighted by Crippen LogP contribution is -2.15. The molecular weight excluding hydrogens is 463 g/mol. The molecule has 7 heteroatoms. The molecule has 0 aliphatic carbocycles. The second-order valence-electron chi connectivity index (χ2n) is 7.07. The summed E-state index contributed by atoms with van der Waals surface area (Å²) in [4.78, 5) is 14.4. The first-order chi connectivity index (χ1) is 13.7. The van der Waals surface area contributed by atoms with Gasteiger partial charge in [0.15, 0.2) is 5.82 Å². The zero-order chi connectivity index (χ0) is 19.1. The van der Waals surface area contributed by atoms with Crippen molar-refractivity contribution in [3.05, 3.63) is 58.0 Å². The minimum Gasteiger partial charge on any atom is -0.335 e. The molecule has 0 unspecified atom stereocenters. The average Bonchev–Trinajstić information content (AvgIpc) is 3.30. The molecule has 0 fully saturated rings. The number of rotatable bonds is 4. The molecule has 0 saturated carbocycles. The van der Waals surface area contributed by atoms with E-state index in [0.29, 0.717) is 0 Å². The topological polar surface area (TPSA) is 73.5 Å². The third-order valence-corrected chi connectivity index (χ3v) is 6.82. The standard InChI is InChI=1S/C21H19IN6/c1-28(2)12-13-7-15(10-22-9-13)14-3-4-17-16(8-14)20(27-26-17)21-24-18-5-6-23-11-19(18)25-21/h3-11H,12H2,1-2H3,(H,24,25)(H,26,27). The third kappa shape index (κ3) is 3.20. The van der Waals surface area contributed by atoms with Crippen molar-refractivity contribution in [2.75, 3.05) is 20.6 Å². The first-order valence-corrected chi connectivity index (χ1v) is 11.5. The number of imidazole rings is 1. The van der Waals surface area contributed by atoms with Crippen molar-refractivity contribution in [3.63, 3.8) is 0 Å². The Morgan fingerprint density at radius 2 is 2.07 bits per heavy atom. The number of aromatic amines is 2. The van der Waals surface area contributed by atoms with E-state index < -0.39 is 0 Å². The Kier molecular flexibility index (Phi) is 4.40. The lowest BCUT2D eigenvalue weighted by Gasteiger charge is -2.13. The Bertz CT molecular complexity index is 1240. The van der Waals surface area contributed by atoms with Crippen molar-refractivity contribution in [2.45, 2.75) is 0 Å². The smallest absolute Gasteiger partial charge is 0.159 e. The Balaban J connectivity index is 1.58. The van der Waals surface area contributed by atoms with Crippen molar-refractivity contribution in [1.29, 1.82) is 0 Å². The summed E-state index contributed by atoms with van der Waals surface area (Å²) in [5.41, 5.74) is 7.57. The lowest BCUT2D eigenvalue weighted by molar-refractivity contribution is 0.452. The molecule has 0 amide bonds. The highest BCUT2D eigenvalue weighted by molar-refractivity contribution is 14.2. The van der Waals surface area contributed by atoms with Crippen molar-refractivity contribution in [1.82, 2.24) is 30.0 Å². The summed E-state index contributed by atoms with van der Waals surface area (Å²) >= 11 is -0.0534. The predicted molar refractivity (Wildman–Crippen MR) is 124 cm³/mol. The Hall–Kier alpha value is -2.65. The van der Waals surface area contributed by atoms with Gasteiger partial charge in [0.2, 0.25) is 0 Å². The van der Waals surface area contributed by atoms with Crippen molar-refractivity contribution < 1.29 is 0 Å². The van der Waals surface area contributed by atoms with Crippen LogP contribution in [0.4, 0.5) is 0 Å². The van der Waals surface area contributed by atoms with Crippen LogP contribution in [0, 0.1) is 0 Å². The van der Waals surface area contributed by atoms with Crippen LogP contribution in [0.2, 0.25) is 0 Å². The number of fused-ring (bicyclic) bond motifs is 2. The first-order valence-electron chi connectivity index (χ1n) is 8.96. The van der Waals surface area contributed by atoms with E-state index in [4.69, 9.17) is 0 Å². The fourth-order valence-electron chi connectivity index (χ4n) is 3.38. The normalized spacial score (nSPS) is 14.4. The van der Waals surface area contributed by atoms with Gasteiger partial charge in [-0.3, -0.25) is 10.1 Å². The molecule has 140 valence electrons. The molecule has 1 aliphatic heterocycles. The van der Waals surface area contributed by atoms with Gasteiger partial charge in [-0.2, -0.15) is 5.10 Å². The van der Waals surface area contributed by atoms with Gasteiger partial charge in [0.25, 0.3) is 0 Å². The van der Waals surface area contributed by atoms with Gasteiger partial charge in [-0.25, -0.2) is 4.98 Å². The van der Waals surface area contributed by atoms with Gasteiger partial charge in [0.1, 0.15) is 5.69 Å². The molecule has 6 nitrogen and oxygen atoms in total. The number of pyridine rings is 1. The Labute approximate surface area is 172 Å². The Morgan fingerprint density at radius 3 is 2.93 bits per heavy atom. The number of hydrogen-bond donors (Lipinski definition) is 2. The van der Waals surface area contributed by atoms with Crippen LogP contribution in [-0.2, 0) is 0 Å². The minimum atomic E-state index is -0.0534. The average molecular weight is 482 g/mol. The van der Waals surface area contributed by atoms with Crippen molar-refractivity contribution in [3.8, 4) is 11.5 Å². The summed E-state index contributed by atoms with van der Waals surface area (Å²) < 4.78 is 4.78. The summed E-state index contributed by atoms with van der Waals surface area (Å²) in [6.45, 7) is 0.975. The fourth-order valence-corrected chi connectivity index (χ4v) is 5.32. The van der Waals surface area contributed by atoms with E-state index in [0.717, 1.165) is 40.0 Å². The number of halogens is 1. The molecule has 0 radical (unpaired) electrons. The van der Waals surface area contributed by atoms with Crippen LogP contribution in [-0.4, -0.2) is 54.7 Å². The summed E-state index contributed by atoms with van der Waals surface area (Å²) in [5, 5.41) is 8.72. The van der Waals surface area contributed by atoms with Gasteiger partial charge < -0.3 is 9.88 Å². The van der Waals surface area contributed by atoms with Gasteiger partial charge >= 0.3 is 0 Å². The number of allylic oxidation sites excluding steroid dienone is 2. The highest BCUT2D eigenvalue weighted by atomic mass is 127. The molecule has 4 aromatic rings. The quantitative estimate of drug-likeness (QED) is 0.430. The molecule has 2 N–H and O–H groups in total. The van der Waals surface area contributed by atoms with E-state index in [-0.39, 0.29) is 20.7 Å². The van der Waals surface area contributed by atoms with Crippen LogP contribution >= 0.6 is 20.7 Å². The van der Waals surface area contributed by atoms with E-state index in [1.54, 1.807) is 12.4 Å². The van der Waals surface area contributed by atoms with Gasteiger partial charge in [0.05, 0.1) is 22.7 Å². The van der Waals surface area contributed by atoms with E-state index in [2.05, 4.69) is 76.5 Å². The monoisotopic (exact) mass is 482 g/mol. The molecule has 0 atom stereocenters. The molecule has 28 heavy (non-hydrogen) atoms. The van der Waals surface area contributed by atoms with Gasteiger partial charge in [-0.15, -0.1) is 0 Å². The fraction of sp³-hybridized carbons (Fsp3) is 0.143. The van der Waals surface area contributed by atoms with Gasteiger partial charge in [-0.05, 0) is 63.2 Å². The lowest BCUT2D eigenvalue weighted by atomic mass is 10.0. The predicted octanol–water partition coefficient (Wildman–Crippen LogP) is 4.12. The molecule has 4 heterocycles. The van der Waals surface area contributed by atoms with Crippen molar-refractivity contribution >= 4 is 52.3 Å². The van der Waals surface area contributed by atoms with Crippen molar-refractivity contribution in [2.24, 2.45) is 0 Å². The number of likely N-dealkylation sites (N-methyl/N-ethyl adjacent to an activating group) is 1. The number of hydrogen-bond acceptors (Lipinski definition) is 4. The van der Waals surface area contributed by atoms with E-state index >= 15 is 0 Å². The molecule has 0 spiro atoms. The SMILES string of the molecule is CN(C)CC1=CC(c2ccc3[nH]nc(-c4nc5ccncc5[nH]4)c3c2)=CI=C1. The molecule has 0 saturated heterocycles. The number of H-pyrrole nitrogens is 2. The molecule has 1 aliphatic rings. The zero-order valence-corrected chi connectivity index (χ0v) is 17.7. The first kappa shape index (κ1) is 17.4.